The van der Waals surface area contributed by atoms with Crippen LogP contribution >= 0.6 is 0 Å². The molecule has 0 atom stereocenters. The average Bonchev–Trinajstić information content (AvgIpc) is 2.81. The average molecular weight is 483 g/mol. The molecule has 9 nitrogen and oxygen atoms in total. The summed E-state index contributed by atoms with van der Waals surface area (Å²) >= 11 is 0. The van der Waals surface area contributed by atoms with Crippen molar-refractivity contribution in [3.63, 3.8) is 0 Å². The maximum atomic E-state index is 12.7. The highest BCUT2D eigenvalue weighted by atomic mass is 16.6. The number of carbonyl (C=O) groups excluding carboxylic acids is 3. The van der Waals surface area contributed by atoms with E-state index in [2.05, 4.69) is 15.6 Å². The first-order valence-corrected chi connectivity index (χ1v) is 11.8. The number of ether oxygens (including phenoxy) is 2. The van der Waals surface area contributed by atoms with Crippen LogP contribution in [0.25, 0.3) is 0 Å². The highest BCUT2D eigenvalue weighted by molar-refractivity contribution is 5.83. The van der Waals surface area contributed by atoms with Gasteiger partial charge in [0.05, 0.1) is 0 Å². The molecule has 1 aliphatic rings. The Labute approximate surface area is 206 Å². The molecule has 2 heterocycles. The van der Waals surface area contributed by atoms with E-state index in [-0.39, 0.29) is 24.5 Å². The lowest BCUT2D eigenvalue weighted by Gasteiger charge is -2.30. The van der Waals surface area contributed by atoms with Crippen molar-refractivity contribution in [2.45, 2.75) is 59.3 Å². The number of anilines is 1. The van der Waals surface area contributed by atoms with E-state index in [1.54, 1.807) is 31.7 Å². The normalized spacial score (nSPS) is 14.2. The van der Waals surface area contributed by atoms with Crippen molar-refractivity contribution in [1.82, 2.24) is 15.2 Å². The zero-order valence-corrected chi connectivity index (χ0v) is 20.8. The van der Waals surface area contributed by atoms with Crippen LogP contribution in [0.3, 0.4) is 0 Å². The largest absolute Gasteiger partial charge is 0.445 e. The van der Waals surface area contributed by atoms with Crippen LogP contribution in [0.2, 0.25) is 0 Å². The Kier molecular flexibility index (Phi) is 8.68. The molecular weight excluding hydrogens is 448 g/mol. The van der Waals surface area contributed by atoms with E-state index in [1.807, 2.05) is 43.3 Å². The summed E-state index contributed by atoms with van der Waals surface area (Å²) in [5, 5.41) is 5.58. The van der Waals surface area contributed by atoms with Crippen molar-refractivity contribution >= 4 is 23.9 Å². The van der Waals surface area contributed by atoms with E-state index in [0.29, 0.717) is 44.0 Å². The molecule has 188 valence electrons. The summed E-state index contributed by atoms with van der Waals surface area (Å²) in [4.78, 5) is 42.9. The lowest BCUT2D eigenvalue weighted by atomic mass is 9.96. The fourth-order valence-electron chi connectivity index (χ4n) is 3.72. The summed E-state index contributed by atoms with van der Waals surface area (Å²) in [6.45, 7) is 8.73. The predicted octanol–water partition coefficient (Wildman–Crippen LogP) is 4.40. The quantitative estimate of drug-likeness (QED) is 0.631. The summed E-state index contributed by atoms with van der Waals surface area (Å²) in [6.07, 6.45) is 0.250. The monoisotopic (exact) mass is 482 g/mol. The van der Waals surface area contributed by atoms with Crippen LogP contribution in [-0.2, 0) is 27.4 Å². The van der Waals surface area contributed by atoms with Crippen molar-refractivity contribution in [3.05, 3.63) is 59.3 Å². The third kappa shape index (κ3) is 8.27. The molecule has 0 unspecified atom stereocenters. The second-order valence-electron chi connectivity index (χ2n) is 9.59. The Morgan fingerprint density at radius 3 is 2.37 bits per heavy atom. The van der Waals surface area contributed by atoms with Crippen LogP contribution in [-0.4, -0.2) is 46.7 Å². The van der Waals surface area contributed by atoms with Crippen molar-refractivity contribution in [2.75, 3.05) is 18.4 Å². The van der Waals surface area contributed by atoms with Gasteiger partial charge in [-0.3, -0.25) is 10.1 Å². The Hall–Kier alpha value is -3.62. The third-order valence-corrected chi connectivity index (χ3v) is 5.61. The number of carbonyl (C=O) groups is 3. The minimum Gasteiger partial charge on any atom is -0.445 e. The van der Waals surface area contributed by atoms with Gasteiger partial charge < -0.3 is 19.7 Å². The number of aryl methyl sites for hydroxylation is 1. The van der Waals surface area contributed by atoms with E-state index in [4.69, 9.17) is 9.47 Å². The number of nitrogens with one attached hydrogen (secondary N) is 2. The van der Waals surface area contributed by atoms with E-state index < -0.39 is 11.7 Å². The fraction of sp³-hybridized carbons (Fsp3) is 0.462. The second kappa shape index (κ2) is 11.7. The molecule has 9 heteroatoms. The molecule has 35 heavy (non-hydrogen) atoms. The summed E-state index contributed by atoms with van der Waals surface area (Å²) in [5.41, 5.74) is 1.90. The van der Waals surface area contributed by atoms with Crippen LogP contribution in [0.15, 0.2) is 42.5 Å². The smallest absolute Gasteiger partial charge is 0.413 e. The summed E-state index contributed by atoms with van der Waals surface area (Å²) in [7, 11) is 0. The number of aromatic nitrogens is 1. The highest BCUT2D eigenvalue weighted by Crippen LogP contribution is 2.19. The maximum absolute atomic E-state index is 12.7. The van der Waals surface area contributed by atoms with Gasteiger partial charge in [-0.2, -0.15) is 0 Å². The minimum absolute atomic E-state index is 0.0438. The second-order valence-corrected chi connectivity index (χ2v) is 9.59. The molecular formula is C26H34N4O5. The van der Waals surface area contributed by atoms with Gasteiger partial charge in [-0.15, -0.1) is 0 Å². The number of piperidine rings is 1. The number of likely N-dealkylation sites (tertiary alicyclic amines) is 1. The molecule has 0 bridgehead atoms. The van der Waals surface area contributed by atoms with Gasteiger partial charge in [-0.1, -0.05) is 36.4 Å². The molecule has 1 aromatic carbocycles. The summed E-state index contributed by atoms with van der Waals surface area (Å²) in [5.74, 6) is 0.186. The van der Waals surface area contributed by atoms with E-state index in [9.17, 15) is 14.4 Å². The molecule has 2 aromatic rings. The predicted molar refractivity (Wildman–Crippen MR) is 132 cm³/mol. The van der Waals surface area contributed by atoms with Gasteiger partial charge in [-0.05, 0) is 57.7 Å². The number of hydrogen-bond acceptors (Lipinski definition) is 6. The van der Waals surface area contributed by atoms with Gasteiger partial charge in [0.2, 0.25) is 5.91 Å². The van der Waals surface area contributed by atoms with Gasteiger partial charge in [0.25, 0.3) is 0 Å². The molecule has 3 rings (SSSR count). The number of benzene rings is 1. The molecule has 1 aromatic heterocycles. The van der Waals surface area contributed by atoms with Gasteiger partial charge in [-0.25, -0.2) is 14.6 Å². The van der Waals surface area contributed by atoms with Gasteiger partial charge in [0.15, 0.2) is 0 Å². The Morgan fingerprint density at radius 1 is 1.06 bits per heavy atom. The Morgan fingerprint density at radius 2 is 1.74 bits per heavy atom. The molecule has 0 spiro atoms. The van der Waals surface area contributed by atoms with Gasteiger partial charge in [0, 0.05) is 31.2 Å². The molecule has 0 radical (unpaired) electrons. The molecule has 1 saturated heterocycles. The van der Waals surface area contributed by atoms with Gasteiger partial charge in [0.1, 0.15) is 18.0 Å². The van der Waals surface area contributed by atoms with Crippen molar-refractivity contribution < 1.29 is 23.9 Å². The Bertz CT molecular complexity index is 1030. The van der Waals surface area contributed by atoms with Crippen LogP contribution < -0.4 is 10.6 Å². The van der Waals surface area contributed by atoms with Crippen molar-refractivity contribution in [1.29, 1.82) is 0 Å². The lowest BCUT2D eigenvalue weighted by molar-refractivity contribution is -0.126. The van der Waals surface area contributed by atoms with E-state index in [0.717, 1.165) is 11.1 Å². The maximum Gasteiger partial charge on any atom is 0.413 e. The standard InChI is InChI=1S/C26H34N4O5/c1-18-21(10-11-22(28-18)29-24(32)35-26(2,3)4)16-27-23(31)20-12-14-30(15-13-20)25(33)34-17-19-8-6-5-7-9-19/h5-11,20H,12-17H2,1-4H3,(H,27,31)(H,28,29,32). The molecule has 1 aliphatic heterocycles. The number of rotatable bonds is 6. The van der Waals surface area contributed by atoms with Crippen molar-refractivity contribution in [2.24, 2.45) is 5.92 Å². The fourth-order valence-corrected chi connectivity index (χ4v) is 3.72. The number of hydrogen-bond donors (Lipinski definition) is 2. The van der Waals surface area contributed by atoms with Crippen LogP contribution in [0.4, 0.5) is 15.4 Å². The van der Waals surface area contributed by atoms with E-state index >= 15 is 0 Å². The summed E-state index contributed by atoms with van der Waals surface area (Å²) < 4.78 is 10.6. The first-order valence-electron chi connectivity index (χ1n) is 11.8. The van der Waals surface area contributed by atoms with Crippen molar-refractivity contribution in [3.8, 4) is 0 Å². The zero-order chi connectivity index (χ0) is 25.4. The van der Waals surface area contributed by atoms with Crippen LogP contribution in [0.5, 0.6) is 0 Å². The molecule has 3 amide bonds. The minimum atomic E-state index is -0.595. The first kappa shape index (κ1) is 26.0. The SMILES string of the molecule is Cc1nc(NC(=O)OC(C)(C)C)ccc1CNC(=O)C1CCN(C(=O)OCc2ccccc2)CC1. The molecule has 0 aliphatic carbocycles. The highest BCUT2D eigenvalue weighted by Gasteiger charge is 2.28. The third-order valence-electron chi connectivity index (χ3n) is 5.61. The first-order chi connectivity index (χ1) is 16.6. The van der Waals surface area contributed by atoms with Crippen LogP contribution in [0.1, 0.15) is 50.4 Å². The lowest BCUT2D eigenvalue weighted by Crippen LogP contribution is -2.43. The van der Waals surface area contributed by atoms with Crippen LogP contribution in [0, 0.1) is 12.8 Å². The van der Waals surface area contributed by atoms with Gasteiger partial charge >= 0.3 is 12.2 Å². The Balaban J connectivity index is 1.41. The number of pyridine rings is 1. The molecule has 1 fully saturated rings. The zero-order valence-electron chi connectivity index (χ0n) is 20.8. The topological polar surface area (TPSA) is 110 Å². The van der Waals surface area contributed by atoms with E-state index in [1.165, 1.54) is 0 Å². The summed E-state index contributed by atoms with van der Waals surface area (Å²) in [6, 6.07) is 13.0. The molecule has 2 N–H and O–H groups in total. The number of nitrogens with zero attached hydrogens (tertiary/aromatic N) is 2. The molecule has 0 saturated carbocycles. The number of amides is 3.